The van der Waals surface area contributed by atoms with Crippen LogP contribution in [0.3, 0.4) is 0 Å². The first-order valence-electron chi connectivity index (χ1n) is 10.0. The smallest absolute Gasteiger partial charge is 0.339 e. The maximum atomic E-state index is 13.4. The summed E-state index contributed by atoms with van der Waals surface area (Å²) < 4.78 is 81.2. The van der Waals surface area contributed by atoms with Gasteiger partial charge in [0.1, 0.15) is 11.6 Å². The predicted octanol–water partition coefficient (Wildman–Crippen LogP) is 3.02. The molecule has 8 nitrogen and oxygen atoms in total. The number of imidazole rings is 1. The van der Waals surface area contributed by atoms with E-state index < -0.39 is 45.3 Å². The molecule has 1 fully saturated rings. The number of hydrogen-bond donors (Lipinski definition) is 1. The molecule has 0 bridgehead atoms. The highest BCUT2D eigenvalue weighted by atomic mass is 32.2. The zero-order chi connectivity index (χ0) is 24.7. The third kappa shape index (κ3) is 4.80. The normalized spacial score (nSPS) is 19.3. The minimum Gasteiger partial charge on any atom is -0.339 e. The van der Waals surface area contributed by atoms with Gasteiger partial charge in [0.15, 0.2) is 5.03 Å². The molecule has 1 aromatic carbocycles. The van der Waals surface area contributed by atoms with Crippen molar-refractivity contribution in [2.24, 2.45) is 13.0 Å². The van der Waals surface area contributed by atoms with Crippen molar-refractivity contribution in [1.82, 2.24) is 18.8 Å². The van der Waals surface area contributed by atoms with E-state index >= 15 is 0 Å². The van der Waals surface area contributed by atoms with E-state index in [1.807, 2.05) is 0 Å². The lowest BCUT2D eigenvalue weighted by molar-refractivity contribution is -0.137. The van der Waals surface area contributed by atoms with E-state index in [9.17, 15) is 30.8 Å². The molecular weight excluding hydrogens is 478 g/mol. The van der Waals surface area contributed by atoms with Gasteiger partial charge in [0.05, 0.1) is 17.8 Å². The van der Waals surface area contributed by atoms with E-state index in [2.05, 4.69) is 15.3 Å². The number of carbonyl (C=O) groups excluding carboxylic acids is 1. The van der Waals surface area contributed by atoms with Gasteiger partial charge in [-0.1, -0.05) is 12.1 Å². The van der Waals surface area contributed by atoms with E-state index in [0.29, 0.717) is 11.6 Å². The lowest BCUT2D eigenvalue weighted by Gasteiger charge is -2.18. The van der Waals surface area contributed by atoms with Gasteiger partial charge in [0.25, 0.3) is 10.0 Å². The van der Waals surface area contributed by atoms with Crippen LogP contribution in [0.5, 0.6) is 0 Å². The average Bonchev–Trinajstić information content (AvgIpc) is 3.41. The van der Waals surface area contributed by atoms with Gasteiger partial charge in [-0.3, -0.25) is 4.79 Å². The van der Waals surface area contributed by atoms with E-state index in [0.717, 1.165) is 16.6 Å². The summed E-state index contributed by atoms with van der Waals surface area (Å²) in [4.78, 5) is 20.7. The highest BCUT2D eigenvalue weighted by Gasteiger charge is 2.44. The number of aromatic nitrogens is 3. The maximum absolute atomic E-state index is 13.4. The van der Waals surface area contributed by atoms with E-state index in [1.165, 1.54) is 41.4 Å². The molecule has 2 atom stereocenters. The van der Waals surface area contributed by atoms with Crippen molar-refractivity contribution in [1.29, 1.82) is 0 Å². The standard InChI is InChI=1S/C21H19F4N5O3S/c1-29-11-19(27-12-29)34(32,33)30-9-16(13-2-4-15(22)5-3-13)17(10-30)20(31)28-18-8-14(6-7-26-18)21(23,24)25/h2-8,11-12,16-17H,9-10H2,1H3,(H,26,28,31). The summed E-state index contributed by atoms with van der Waals surface area (Å²) in [5, 5.41) is 2.16. The molecule has 3 heterocycles. The fourth-order valence-electron chi connectivity index (χ4n) is 3.83. The number of benzene rings is 1. The average molecular weight is 497 g/mol. The highest BCUT2D eigenvalue weighted by Crippen LogP contribution is 2.37. The Morgan fingerprint density at radius 2 is 1.82 bits per heavy atom. The molecule has 1 aliphatic heterocycles. The molecule has 34 heavy (non-hydrogen) atoms. The molecule has 2 unspecified atom stereocenters. The van der Waals surface area contributed by atoms with Gasteiger partial charge >= 0.3 is 6.18 Å². The van der Waals surface area contributed by atoms with Crippen molar-refractivity contribution < 1.29 is 30.8 Å². The second-order valence-electron chi connectivity index (χ2n) is 7.88. The number of pyridine rings is 1. The molecule has 1 N–H and O–H groups in total. The zero-order valence-electron chi connectivity index (χ0n) is 17.7. The molecule has 3 aromatic rings. The Hall–Kier alpha value is -3.32. The lowest BCUT2D eigenvalue weighted by atomic mass is 9.88. The Kier molecular flexibility index (Phi) is 6.16. The van der Waals surface area contributed by atoms with Crippen LogP contribution in [0.25, 0.3) is 0 Å². The first kappa shape index (κ1) is 23.8. The maximum Gasteiger partial charge on any atom is 0.416 e. The van der Waals surface area contributed by atoms with Gasteiger partial charge in [-0.2, -0.15) is 17.5 Å². The van der Waals surface area contributed by atoms with Crippen molar-refractivity contribution in [3.8, 4) is 0 Å². The topological polar surface area (TPSA) is 97.2 Å². The summed E-state index contributed by atoms with van der Waals surface area (Å²) in [5.74, 6) is -3.18. The summed E-state index contributed by atoms with van der Waals surface area (Å²) in [5.41, 5.74) is -0.476. The van der Waals surface area contributed by atoms with Crippen LogP contribution in [0, 0.1) is 11.7 Å². The molecule has 1 saturated heterocycles. The van der Waals surface area contributed by atoms with Crippen LogP contribution in [-0.2, 0) is 28.0 Å². The Bertz CT molecular complexity index is 1310. The molecule has 180 valence electrons. The Morgan fingerprint density at radius 3 is 2.44 bits per heavy atom. The van der Waals surface area contributed by atoms with Crippen molar-refractivity contribution in [2.45, 2.75) is 17.1 Å². The van der Waals surface area contributed by atoms with Crippen LogP contribution in [-0.4, -0.2) is 46.3 Å². The summed E-state index contributed by atoms with van der Waals surface area (Å²) >= 11 is 0. The first-order valence-corrected chi connectivity index (χ1v) is 11.5. The van der Waals surface area contributed by atoms with Gasteiger partial charge in [0, 0.05) is 38.4 Å². The van der Waals surface area contributed by atoms with Crippen molar-refractivity contribution in [3.05, 3.63) is 72.1 Å². The molecule has 1 amide bonds. The van der Waals surface area contributed by atoms with Crippen LogP contribution < -0.4 is 5.32 Å². The van der Waals surface area contributed by atoms with Gasteiger partial charge in [-0.05, 0) is 29.8 Å². The summed E-state index contributed by atoms with van der Waals surface area (Å²) in [6.45, 7) is -0.343. The Balaban J connectivity index is 1.64. The van der Waals surface area contributed by atoms with Gasteiger partial charge in [-0.15, -0.1) is 0 Å². The molecule has 0 saturated carbocycles. The van der Waals surface area contributed by atoms with Crippen LogP contribution in [0.2, 0.25) is 0 Å². The number of aryl methyl sites for hydroxylation is 1. The first-order chi connectivity index (χ1) is 15.9. The van der Waals surface area contributed by atoms with Crippen LogP contribution in [0.4, 0.5) is 23.4 Å². The molecule has 0 aliphatic carbocycles. The number of nitrogens with one attached hydrogen (secondary N) is 1. The number of rotatable bonds is 5. The number of alkyl halides is 3. The zero-order valence-corrected chi connectivity index (χ0v) is 18.5. The quantitative estimate of drug-likeness (QED) is 0.547. The second kappa shape index (κ2) is 8.80. The molecule has 0 radical (unpaired) electrons. The summed E-state index contributed by atoms with van der Waals surface area (Å²) in [7, 11) is -2.44. The third-order valence-corrected chi connectivity index (χ3v) is 7.26. The monoisotopic (exact) mass is 497 g/mol. The summed E-state index contributed by atoms with van der Waals surface area (Å²) in [6.07, 6.45) is -1.06. The molecule has 13 heteroatoms. The lowest BCUT2D eigenvalue weighted by Crippen LogP contribution is -2.32. The number of halogens is 4. The fourth-order valence-corrected chi connectivity index (χ4v) is 5.28. The molecule has 4 rings (SSSR count). The Morgan fingerprint density at radius 1 is 1.12 bits per heavy atom. The number of carbonyl (C=O) groups is 1. The van der Waals surface area contributed by atoms with E-state index in [4.69, 9.17) is 0 Å². The largest absolute Gasteiger partial charge is 0.416 e. The minimum absolute atomic E-state index is 0.0986. The predicted molar refractivity (Wildman–Crippen MR) is 112 cm³/mol. The van der Waals surface area contributed by atoms with Gasteiger partial charge in [0.2, 0.25) is 5.91 Å². The van der Waals surface area contributed by atoms with Crippen molar-refractivity contribution in [3.63, 3.8) is 0 Å². The SMILES string of the molecule is Cn1cnc(S(=O)(=O)N2CC(C(=O)Nc3cc(C(F)(F)F)ccn3)C(c3ccc(F)cc3)C2)c1. The summed E-state index contributed by atoms with van der Waals surface area (Å²) in [6, 6.07) is 6.73. The minimum atomic E-state index is -4.63. The van der Waals surface area contributed by atoms with Gasteiger partial charge in [-0.25, -0.2) is 22.8 Å². The molecule has 1 aliphatic rings. The Labute approximate surface area is 192 Å². The number of anilines is 1. The fraction of sp³-hybridized carbons (Fsp3) is 0.286. The number of hydrogen-bond acceptors (Lipinski definition) is 5. The number of amides is 1. The number of sulfonamides is 1. The van der Waals surface area contributed by atoms with Gasteiger partial charge < -0.3 is 9.88 Å². The van der Waals surface area contributed by atoms with Crippen LogP contribution in [0.15, 0.2) is 60.1 Å². The van der Waals surface area contributed by atoms with Crippen molar-refractivity contribution in [2.75, 3.05) is 18.4 Å². The van der Waals surface area contributed by atoms with E-state index in [1.54, 1.807) is 7.05 Å². The number of nitrogens with zero attached hydrogens (tertiary/aromatic N) is 4. The second-order valence-corrected chi connectivity index (χ2v) is 9.77. The molecular formula is C21H19F4N5O3S. The van der Waals surface area contributed by atoms with Crippen molar-refractivity contribution >= 4 is 21.7 Å². The third-order valence-electron chi connectivity index (χ3n) is 5.55. The van der Waals surface area contributed by atoms with Crippen LogP contribution >= 0.6 is 0 Å². The van der Waals surface area contributed by atoms with Crippen LogP contribution in [0.1, 0.15) is 17.0 Å². The molecule has 2 aromatic heterocycles. The van der Waals surface area contributed by atoms with E-state index in [-0.39, 0.29) is 23.9 Å². The molecule has 0 spiro atoms. The highest BCUT2D eigenvalue weighted by molar-refractivity contribution is 7.89.